The van der Waals surface area contributed by atoms with Gasteiger partial charge in [-0.25, -0.2) is 4.79 Å². The Morgan fingerprint density at radius 2 is 1.88 bits per heavy atom. The Hall–Kier alpha value is -0.550. The van der Waals surface area contributed by atoms with E-state index in [1.165, 1.54) is 0 Å². The van der Waals surface area contributed by atoms with Gasteiger partial charge in [0.15, 0.2) is 0 Å². The monoisotopic (exact) mass is 349 g/mol. The lowest BCUT2D eigenvalue weighted by atomic mass is 10.1. The highest BCUT2D eigenvalue weighted by Crippen LogP contribution is 2.29. The molecule has 1 aromatic rings. The SMILES string of the molecule is CC(C)(C)OC(=O)c1cc(Br)cc(Br)c1N. The van der Waals surface area contributed by atoms with Crippen LogP contribution in [0.3, 0.4) is 0 Å². The number of benzene rings is 1. The number of rotatable bonds is 1. The van der Waals surface area contributed by atoms with E-state index in [4.69, 9.17) is 10.5 Å². The molecule has 0 aliphatic rings. The molecule has 1 rings (SSSR count). The van der Waals surface area contributed by atoms with Gasteiger partial charge in [0.1, 0.15) is 5.60 Å². The highest BCUT2D eigenvalue weighted by Gasteiger charge is 2.21. The summed E-state index contributed by atoms with van der Waals surface area (Å²) in [5.41, 5.74) is 6.02. The lowest BCUT2D eigenvalue weighted by Crippen LogP contribution is -2.24. The third-order valence-corrected chi connectivity index (χ3v) is 2.83. The van der Waals surface area contributed by atoms with Gasteiger partial charge in [0.25, 0.3) is 0 Å². The molecule has 16 heavy (non-hydrogen) atoms. The summed E-state index contributed by atoms with van der Waals surface area (Å²) in [5.74, 6) is -0.424. The fourth-order valence-electron chi connectivity index (χ4n) is 1.09. The highest BCUT2D eigenvalue weighted by atomic mass is 79.9. The molecule has 0 aliphatic heterocycles. The smallest absolute Gasteiger partial charge is 0.340 e. The van der Waals surface area contributed by atoms with E-state index in [0.717, 1.165) is 4.47 Å². The first kappa shape index (κ1) is 13.5. The normalized spacial score (nSPS) is 11.3. The van der Waals surface area contributed by atoms with Crippen LogP contribution in [0, 0.1) is 0 Å². The fourth-order valence-corrected chi connectivity index (χ4v) is 2.31. The number of carbonyl (C=O) groups is 1. The Labute approximate surface area is 112 Å². The minimum atomic E-state index is -0.529. The predicted molar refractivity (Wildman–Crippen MR) is 71.4 cm³/mol. The summed E-state index contributed by atoms with van der Waals surface area (Å²) in [6.07, 6.45) is 0. The molecule has 2 N–H and O–H groups in total. The minimum absolute atomic E-state index is 0.358. The van der Waals surface area contributed by atoms with E-state index < -0.39 is 11.6 Å². The molecule has 0 fully saturated rings. The van der Waals surface area contributed by atoms with Gasteiger partial charge in [-0.05, 0) is 48.8 Å². The van der Waals surface area contributed by atoms with Crippen molar-refractivity contribution in [3.8, 4) is 0 Å². The quantitative estimate of drug-likeness (QED) is 0.619. The molecule has 0 atom stereocenters. The summed E-state index contributed by atoms with van der Waals surface area (Å²) >= 11 is 6.58. The molecular formula is C11H13Br2NO2. The number of nitrogen functional groups attached to an aromatic ring is 1. The maximum absolute atomic E-state index is 11.8. The molecule has 0 aliphatic carbocycles. The maximum atomic E-state index is 11.8. The first-order chi connectivity index (χ1) is 7.20. The summed E-state index contributed by atoms with van der Waals surface area (Å²) in [6.45, 7) is 5.44. The molecule has 0 radical (unpaired) electrons. The summed E-state index contributed by atoms with van der Waals surface area (Å²) in [4.78, 5) is 11.8. The molecule has 3 nitrogen and oxygen atoms in total. The molecular weight excluding hydrogens is 338 g/mol. The Morgan fingerprint density at radius 1 is 1.31 bits per heavy atom. The van der Waals surface area contributed by atoms with Crippen LogP contribution in [0.15, 0.2) is 21.1 Å². The highest BCUT2D eigenvalue weighted by molar-refractivity contribution is 9.11. The van der Waals surface area contributed by atoms with Gasteiger partial charge < -0.3 is 10.5 Å². The number of anilines is 1. The van der Waals surface area contributed by atoms with Crippen LogP contribution in [0.4, 0.5) is 5.69 Å². The number of carbonyl (C=O) groups excluding carboxylic acids is 1. The zero-order valence-electron chi connectivity index (χ0n) is 9.30. The van der Waals surface area contributed by atoms with Crippen LogP contribution in [0.25, 0.3) is 0 Å². The summed E-state index contributed by atoms with van der Waals surface area (Å²) in [7, 11) is 0. The summed E-state index contributed by atoms with van der Waals surface area (Å²) in [5, 5.41) is 0. The topological polar surface area (TPSA) is 52.3 Å². The number of hydrogen-bond acceptors (Lipinski definition) is 3. The van der Waals surface area contributed by atoms with Crippen molar-refractivity contribution in [3.63, 3.8) is 0 Å². The maximum Gasteiger partial charge on any atom is 0.340 e. The van der Waals surface area contributed by atoms with Crippen molar-refractivity contribution in [3.05, 3.63) is 26.6 Å². The van der Waals surface area contributed by atoms with Crippen LogP contribution in [0.5, 0.6) is 0 Å². The molecule has 5 heteroatoms. The standard InChI is InChI=1S/C11H13Br2NO2/c1-11(2,3)16-10(15)7-4-6(12)5-8(13)9(7)14/h4-5H,14H2,1-3H3. The van der Waals surface area contributed by atoms with Gasteiger partial charge in [0.2, 0.25) is 0 Å². The van der Waals surface area contributed by atoms with Crippen molar-refractivity contribution >= 4 is 43.5 Å². The predicted octanol–water partition coefficient (Wildman–Crippen LogP) is 3.75. The molecule has 0 heterocycles. The van der Waals surface area contributed by atoms with E-state index in [1.54, 1.807) is 12.1 Å². The Morgan fingerprint density at radius 3 is 2.38 bits per heavy atom. The molecule has 0 saturated carbocycles. The average molecular weight is 351 g/mol. The van der Waals surface area contributed by atoms with Gasteiger partial charge >= 0.3 is 5.97 Å². The fraction of sp³-hybridized carbons (Fsp3) is 0.364. The summed E-state index contributed by atoms with van der Waals surface area (Å²) < 4.78 is 6.70. The van der Waals surface area contributed by atoms with E-state index in [-0.39, 0.29) is 0 Å². The van der Waals surface area contributed by atoms with E-state index in [2.05, 4.69) is 31.9 Å². The van der Waals surface area contributed by atoms with Gasteiger partial charge in [0, 0.05) is 8.95 Å². The van der Waals surface area contributed by atoms with Crippen LogP contribution >= 0.6 is 31.9 Å². The average Bonchev–Trinajstić information content (AvgIpc) is 2.08. The Kier molecular flexibility index (Phi) is 4.02. The first-order valence-electron chi connectivity index (χ1n) is 4.68. The van der Waals surface area contributed by atoms with Crippen LogP contribution in [0.2, 0.25) is 0 Å². The van der Waals surface area contributed by atoms with Crippen molar-refractivity contribution in [2.24, 2.45) is 0 Å². The van der Waals surface area contributed by atoms with Crippen LogP contribution in [0.1, 0.15) is 31.1 Å². The number of hydrogen-bond donors (Lipinski definition) is 1. The third-order valence-electron chi connectivity index (χ3n) is 1.71. The molecule has 0 bridgehead atoms. The van der Waals surface area contributed by atoms with Gasteiger partial charge in [0.05, 0.1) is 11.3 Å². The zero-order chi connectivity index (χ0) is 12.5. The molecule has 0 aromatic heterocycles. The second-order valence-electron chi connectivity index (χ2n) is 4.35. The van der Waals surface area contributed by atoms with Crippen molar-refractivity contribution < 1.29 is 9.53 Å². The van der Waals surface area contributed by atoms with E-state index >= 15 is 0 Å². The van der Waals surface area contributed by atoms with Crippen molar-refractivity contribution in [1.29, 1.82) is 0 Å². The molecule has 88 valence electrons. The Bertz CT molecular complexity index is 425. The van der Waals surface area contributed by atoms with Crippen molar-refractivity contribution in [2.75, 3.05) is 5.73 Å². The van der Waals surface area contributed by atoms with Crippen LogP contribution in [-0.2, 0) is 4.74 Å². The lowest BCUT2D eigenvalue weighted by Gasteiger charge is -2.20. The zero-order valence-corrected chi connectivity index (χ0v) is 12.5. The molecule has 0 amide bonds. The summed E-state index contributed by atoms with van der Waals surface area (Å²) in [6, 6.07) is 3.43. The first-order valence-corrected chi connectivity index (χ1v) is 6.27. The van der Waals surface area contributed by atoms with E-state index in [1.807, 2.05) is 20.8 Å². The molecule has 1 aromatic carbocycles. The van der Waals surface area contributed by atoms with Crippen molar-refractivity contribution in [2.45, 2.75) is 26.4 Å². The Balaban J connectivity index is 3.09. The van der Waals surface area contributed by atoms with E-state index in [9.17, 15) is 4.79 Å². The second kappa shape index (κ2) is 4.75. The van der Waals surface area contributed by atoms with E-state index in [0.29, 0.717) is 15.7 Å². The molecule has 0 unspecified atom stereocenters. The van der Waals surface area contributed by atoms with Gasteiger partial charge in [-0.1, -0.05) is 15.9 Å². The minimum Gasteiger partial charge on any atom is -0.456 e. The number of halogens is 2. The lowest BCUT2D eigenvalue weighted by molar-refractivity contribution is 0.00707. The molecule has 0 saturated heterocycles. The number of nitrogens with two attached hydrogens (primary N) is 1. The van der Waals surface area contributed by atoms with Gasteiger partial charge in [-0.2, -0.15) is 0 Å². The second-order valence-corrected chi connectivity index (χ2v) is 6.12. The van der Waals surface area contributed by atoms with Crippen molar-refractivity contribution in [1.82, 2.24) is 0 Å². The number of ether oxygens (including phenoxy) is 1. The van der Waals surface area contributed by atoms with Crippen LogP contribution in [-0.4, -0.2) is 11.6 Å². The largest absolute Gasteiger partial charge is 0.456 e. The third kappa shape index (κ3) is 3.49. The van der Waals surface area contributed by atoms with Gasteiger partial charge in [-0.3, -0.25) is 0 Å². The van der Waals surface area contributed by atoms with Crippen LogP contribution < -0.4 is 5.73 Å². The number of esters is 1. The van der Waals surface area contributed by atoms with Gasteiger partial charge in [-0.15, -0.1) is 0 Å². The molecule has 0 spiro atoms.